The quantitative estimate of drug-likeness (QED) is 0.407. The SMILES string of the molecule is C#C[C@@H]1O[C@H](CO)[C@@H](OC(C)=O)[C@H](OC(C)=O)[C@H]1OC(C)=O. The molecule has 1 heterocycles. The lowest BCUT2D eigenvalue weighted by Gasteiger charge is -2.42. The maximum Gasteiger partial charge on any atom is 0.303 e. The van der Waals surface area contributed by atoms with Crippen LogP contribution in [0, 0.1) is 12.3 Å². The van der Waals surface area contributed by atoms with E-state index in [2.05, 4.69) is 5.92 Å². The van der Waals surface area contributed by atoms with E-state index in [-0.39, 0.29) is 0 Å². The van der Waals surface area contributed by atoms with Gasteiger partial charge in [-0.2, -0.15) is 0 Å². The maximum atomic E-state index is 11.3. The Morgan fingerprint density at radius 3 is 1.86 bits per heavy atom. The number of hydrogen-bond donors (Lipinski definition) is 1. The van der Waals surface area contributed by atoms with Crippen molar-refractivity contribution in [2.75, 3.05) is 6.61 Å². The van der Waals surface area contributed by atoms with E-state index in [0.29, 0.717) is 0 Å². The van der Waals surface area contributed by atoms with Crippen LogP contribution in [-0.2, 0) is 33.3 Å². The normalized spacial score (nSPS) is 30.8. The van der Waals surface area contributed by atoms with Gasteiger partial charge >= 0.3 is 17.9 Å². The minimum absolute atomic E-state index is 0.527. The molecule has 0 radical (unpaired) electrons. The highest BCUT2D eigenvalue weighted by molar-refractivity contribution is 5.68. The molecule has 8 heteroatoms. The second-order valence-electron chi connectivity index (χ2n) is 4.67. The molecule has 8 nitrogen and oxygen atoms in total. The molecule has 0 saturated carbocycles. The summed E-state index contributed by atoms with van der Waals surface area (Å²) in [5, 5.41) is 9.37. The molecule has 1 aliphatic heterocycles. The molecule has 1 saturated heterocycles. The van der Waals surface area contributed by atoms with Gasteiger partial charge in [0.25, 0.3) is 0 Å². The highest BCUT2D eigenvalue weighted by Gasteiger charge is 2.51. The average Bonchev–Trinajstić information content (AvgIpc) is 2.41. The number of aliphatic hydroxyl groups excluding tert-OH is 1. The molecule has 0 amide bonds. The Balaban J connectivity index is 3.18. The van der Waals surface area contributed by atoms with Crippen LogP contribution in [0.1, 0.15) is 20.8 Å². The molecular formula is C14H18O8. The van der Waals surface area contributed by atoms with Crippen LogP contribution in [0.3, 0.4) is 0 Å². The van der Waals surface area contributed by atoms with Crippen LogP contribution in [0.25, 0.3) is 0 Å². The molecule has 1 rings (SSSR count). The van der Waals surface area contributed by atoms with E-state index in [1.807, 2.05) is 0 Å². The number of rotatable bonds is 4. The zero-order valence-electron chi connectivity index (χ0n) is 12.5. The van der Waals surface area contributed by atoms with Gasteiger partial charge in [-0.05, 0) is 0 Å². The molecule has 5 atom stereocenters. The highest BCUT2D eigenvalue weighted by atomic mass is 16.6. The highest BCUT2D eigenvalue weighted by Crippen LogP contribution is 2.28. The predicted molar refractivity (Wildman–Crippen MR) is 71.2 cm³/mol. The molecule has 0 spiro atoms. The molecule has 1 fully saturated rings. The molecule has 0 aromatic heterocycles. The molecule has 1 N–H and O–H groups in total. The van der Waals surface area contributed by atoms with Gasteiger partial charge in [0.15, 0.2) is 24.4 Å². The molecule has 0 bridgehead atoms. The van der Waals surface area contributed by atoms with Crippen molar-refractivity contribution in [3.63, 3.8) is 0 Å². The van der Waals surface area contributed by atoms with Gasteiger partial charge < -0.3 is 24.1 Å². The van der Waals surface area contributed by atoms with Crippen molar-refractivity contribution >= 4 is 17.9 Å². The van der Waals surface area contributed by atoms with E-state index in [4.69, 9.17) is 25.4 Å². The Kier molecular flexibility index (Phi) is 6.34. The second-order valence-corrected chi connectivity index (χ2v) is 4.67. The van der Waals surface area contributed by atoms with Crippen LogP contribution in [0.15, 0.2) is 0 Å². The predicted octanol–water partition coefficient (Wildman–Crippen LogP) is -0.826. The average molecular weight is 314 g/mol. The van der Waals surface area contributed by atoms with Crippen molar-refractivity contribution in [1.29, 1.82) is 0 Å². The summed E-state index contributed by atoms with van der Waals surface area (Å²) >= 11 is 0. The molecule has 0 aromatic rings. The minimum atomic E-state index is -1.18. The number of ether oxygens (including phenoxy) is 4. The monoisotopic (exact) mass is 314 g/mol. The first kappa shape index (κ1) is 17.9. The van der Waals surface area contributed by atoms with E-state index in [1.54, 1.807) is 0 Å². The lowest BCUT2D eigenvalue weighted by Crippen LogP contribution is -2.61. The van der Waals surface area contributed by atoms with Crippen molar-refractivity contribution in [2.45, 2.75) is 51.3 Å². The molecular weight excluding hydrogens is 296 g/mol. The van der Waals surface area contributed by atoms with E-state index < -0.39 is 55.0 Å². The first-order chi connectivity index (χ1) is 10.3. The fraction of sp³-hybridized carbons (Fsp3) is 0.643. The lowest BCUT2D eigenvalue weighted by atomic mass is 9.94. The van der Waals surface area contributed by atoms with Crippen molar-refractivity contribution in [3.8, 4) is 12.3 Å². The summed E-state index contributed by atoms with van der Waals surface area (Å²) in [6, 6.07) is 0. The van der Waals surface area contributed by atoms with E-state index in [0.717, 1.165) is 20.8 Å². The van der Waals surface area contributed by atoms with E-state index >= 15 is 0 Å². The number of esters is 3. The molecule has 22 heavy (non-hydrogen) atoms. The Hall–Kier alpha value is -2.11. The van der Waals surface area contributed by atoms with Crippen LogP contribution in [0.4, 0.5) is 0 Å². The zero-order valence-corrected chi connectivity index (χ0v) is 12.5. The summed E-state index contributed by atoms with van der Waals surface area (Å²) in [4.78, 5) is 33.8. The molecule has 0 aromatic carbocycles. The number of aliphatic hydroxyl groups is 1. The van der Waals surface area contributed by atoms with Gasteiger partial charge in [-0.1, -0.05) is 5.92 Å². The van der Waals surface area contributed by atoms with Gasteiger partial charge in [-0.15, -0.1) is 6.42 Å². The van der Waals surface area contributed by atoms with Crippen LogP contribution >= 0.6 is 0 Å². The number of terminal acetylenes is 1. The van der Waals surface area contributed by atoms with Gasteiger partial charge in [0.2, 0.25) is 0 Å². The molecule has 0 aliphatic carbocycles. The number of hydrogen-bond acceptors (Lipinski definition) is 8. The Bertz CT molecular complexity index is 480. The summed E-state index contributed by atoms with van der Waals surface area (Å²) in [6.07, 6.45) is -0.231. The number of carbonyl (C=O) groups excluding carboxylic acids is 3. The Morgan fingerprint density at radius 2 is 1.45 bits per heavy atom. The van der Waals surface area contributed by atoms with Gasteiger partial charge in [-0.3, -0.25) is 14.4 Å². The van der Waals surface area contributed by atoms with Crippen molar-refractivity contribution in [2.24, 2.45) is 0 Å². The molecule has 1 aliphatic rings. The Morgan fingerprint density at radius 1 is 1.00 bits per heavy atom. The van der Waals surface area contributed by atoms with Gasteiger partial charge in [0, 0.05) is 20.8 Å². The molecule has 0 unspecified atom stereocenters. The third kappa shape index (κ3) is 4.44. The van der Waals surface area contributed by atoms with Crippen LogP contribution < -0.4 is 0 Å². The van der Waals surface area contributed by atoms with Gasteiger partial charge in [-0.25, -0.2) is 0 Å². The summed E-state index contributed by atoms with van der Waals surface area (Å²) in [5.41, 5.74) is 0. The summed E-state index contributed by atoms with van der Waals surface area (Å²) in [5.74, 6) is 0.225. The van der Waals surface area contributed by atoms with Crippen LogP contribution in [0.2, 0.25) is 0 Å². The second kappa shape index (κ2) is 7.77. The first-order valence-electron chi connectivity index (χ1n) is 6.54. The zero-order chi connectivity index (χ0) is 16.9. The fourth-order valence-corrected chi connectivity index (χ4v) is 2.18. The van der Waals surface area contributed by atoms with Gasteiger partial charge in [0.05, 0.1) is 6.61 Å². The van der Waals surface area contributed by atoms with E-state index in [9.17, 15) is 19.5 Å². The van der Waals surface area contributed by atoms with Crippen LogP contribution in [-0.4, -0.2) is 60.1 Å². The van der Waals surface area contributed by atoms with Crippen molar-refractivity contribution in [1.82, 2.24) is 0 Å². The summed E-state index contributed by atoms with van der Waals surface area (Å²) < 4.78 is 20.6. The Labute approximate surface area is 127 Å². The standard InChI is InChI=1S/C14H18O8/c1-5-10-12(19-7(2)16)14(21-9(4)18)13(20-8(3)17)11(6-15)22-10/h1,10-15H,6H2,2-4H3/t10-,11+,12-,13+,14+/m0/s1. The molecule has 122 valence electrons. The smallest absolute Gasteiger partial charge is 0.303 e. The van der Waals surface area contributed by atoms with Gasteiger partial charge in [0.1, 0.15) is 6.10 Å². The summed E-state index contributed by atoms with van der Waals surface area (Å²) in [7, 11) is 0. The topological polar surface area (TPSA) is 108 Å². The third-order valence-electron chi connectivity index (χ3n) is 2.88. The summed E-state index contributed by atoms with van der Waals surface area (Å²) in [6.45, 7) is 2.91. The maximum absolute atomic E-state index is 11.3. The van der Waals surface area contributed by atoms with Crippen LogP contribution in [0.5, 0.6) is 0 Å². The number of carbonyl (C=O) groups is 3. The first-order valence-corrected chi connectivity index (χ1v) is 6.54. The van der Waals surface area contributed by atoms with Crippen molar-refractivity contribution < 1.29 is 38.4 Å². The largest absolute Gasteiger partial charge is 0.456 e. The van der Waals surface area contributed by atoms with Crippen molar-refractivity contribution in [3.05, 3.63) is 0 Å². The third-order valence-corrected chi connectivity index (χ3v) is 2.88. The lowest BCUT2D eigenvalue weighted by molar-refractivity contribution is -0.241. The van der Waals surface area contributed by atoms with E-state index in [1.165, 1.54) is 0 Å². The minimum Gasteiger partial charge on any atom is -0.456 e. The fourth-order valence-electron chi connectivity index (χ4n) is 2.18.